The highest BCUT2D eigenvalue weighted by Gasteiger charge is 2.36. The van der Waals surface area contributed by atoms with Crippen LogP contribution in [0.4, 0.5) is 0 Å². The van der Waals surface area contributed by atoms with E-state index in [1.807, 2.05) is 0 Å². The minimum atomic E-state index is -0.00958. The Balaban J connectivity index is 1.42. The van der Waals surface area contributed by atoms with Crippen LogP contribution in [0, 0.1) is 3.57 Å². The fourth-order valence-electron chi connectivity index (χ4n) is 4.01. The maximum atomic E-state index is 2.36. The first kappa shape index (κ1) is 19.0. The van der Waals surface area contributed by atoms with Crippen molar-refractivity contribution in [3.63, 3.8) is 0 Å². The van der Waals surface area contributed by atoms with Crippen molar-refractivity contribution in [2.75, 3.05) is 0 Å². The fourth-order valence-corrected chi connectivity index (χ4v) is 6.75. The smallest absolute Gasteiger partial charge is 0.0616 e. The zero-order chi connectivity index (χ0) is 19.6. The predicted octanol–water partition coefficient (Wildman–Crippen LogP) is 7.08. The molecule has 0 nitrogen and oxygen atoms in total. The molecule has 0 spiro atoms. The van der Waals surface area contributed by atoms with Crippen LogP contribution in [0.5, 0.6) is 0 Å². The van der Waals surface area contributed by atoms with Crippen molar-refractivity contribution in [1.82, 2.24) is 0 Å². The van der Waals surface area contributed by atoms with E-state index in [1.54, 1.807) is 0 Å². The molecule has 142 valence electrons. The van der Waals surface area contributed by atoms with Gasteiger partial charge in [-0.05, 0) is 83.0 Å². The number of aryl methyl sites for hydroxylation is 2. The minimum absolute atomic E-state index is 0.00958. The molecule has 1 heterocycles. The van der Waals surface area contributed by atoms with Crippen LogP contribution in [-0.4, -0.2) is 0 Å². The summed E-state index contributed by atoms with van der Waals surface area (Å²) in [4.78, 5) is 4.39. The summed E-state index contributed by atoms with van der Waals surface area (Å²) in [6.07, 6.45) is 3.22. The van der Waals surface area contributed by atoms with Crippen molar-refractivity contribution in [2.24, 2.45) is 0 Å². The molecule has 0 aromatic heterocycles. The highest BCUT2D eigenvalue weighted by atomic mass is 127. The number of rotatable bonds is 4. The van der Waals surface area contributed by atoms with E-state index in [0.29, 0.717) is 0 Å². The molecule has 2 heteroatoms. The molecule has 1 aliphatic rings. The van der Waals surface area contributed by atoms with Crippen LogP contribution in [0.2, 0.25) is 0 Å². The second kappa shape index (κ2) is 8.37. The molecule has 29 heavy (non-hydrogen) atoms. The fraction of sp³-hybridized carbons (Fsp3) is 0.111. The van der Waals surface area contributed by atoms with Gasteiger partial charge in [0.25, 0.3) is 0 Å². The minimum Gasteiger partial charge on any atom is -0.0616 e. The van der Waals surface area contributed by atoms with Crippen LogP contribution in [0.1, 0.15) is 22.3 Å². The number of fused-ring (bicyclic) bond motifs is 2. The Morgan fingerprint density at radius 2 is 1.07 bits per heavy atom. The molecule has 0 amide bonds. The Hall–Kier alpha value is -2.04. The number of hydrogen-bond donors (Lipinski definition) is 0. The average molecular weight is 505 g/mol. The lowest BCUT2D eigenvalue weighted by atomic mass is 10.0. The van der Waals surface area contributed by atoms with Gasteiger partial charge >= 0.3 is 0 Å². The Morgan fingerprint density at radius 3 is 1.62 bits per heavy atom. The Bertz CT molecular complexity index is 1080. The lowest BCUT2D eigenvalue weighted by molar-refractivity contribution is 0.956. The van der Waals surface area contributed by atoms with Gasteiger partial charge in [-0.3, -0.25) is 0 Å². The third-order valence-electron chi connectivity index (χ3n) is 5.54. The summed E-state index contributed by atoms with van der Waals surface area (Å²) in [5, 5.41) is 0. The molecular formula is C27H22IS+. The lowest BCUT2D eigenvalue weighted by Gasteiger charge is -2.19. The van der Waals surface area contributed by atoms with Crippen molar-refractivity contribution in [3.05, 3.63) is 123 Å². The molecule has 0 fully saturated rings. The first-order valence-electron chi connectivity index (χ1n) is 10.0. The normalized spacial score (nSPS) is 13.0. The SMILES string of the molecule is Ic1ccc(CCc2ccc([S+]3c4ccccc4Cc4ccccc43)cc2)cc1. The number of benzene rings is 4. The predicted molar refractivity (Wildman–Crippen MR) is 131 cm³/mol. The van der Waals surface area contributed by atoms with Crippen LogP contribution in [0.15, 0.2) is 112 Å². The maximum Gasteiger partial charge on any atom is 0.170 e. The van der Waals surface area contributed by atoms with Gasteiger partial charge in [-0.2, -0.15) is 0 Å². The van der Waals surface area contributed by atoms with Gasteiger partial charge in [0.05, 0.1) is 10.9 Å². The van der Waals surface area contributed by atoms with E-state index >= 15 is 0 Å². The molecule has 0 atom stereocenters. The van der Waals surface area contributed by atoms with E-state index in [4.69, 9.17) is 0 Å². The molecule has 0 aliphatic carbocycles. The van der Waals surface area contributed by atoms with E-state index in [2.05, 4.69) is 120 Å². The Labute approximate surface area is 189 Å². The van der Waals surface area contributed by atoms with Gasteiger partial charge in [-0.15, -0.1) is 0 Å². The van der Waals surface area contributed by atoms with Gasteiger partial charge in [0.2, 0.25) is 0 Å². The number of hydrogen-bond acceptors (Lipinski definition) is 0. The van der Waals surface area contributed by atoms with Crippen molar-refractivity contribution in [3.8, 4) is 0 Å². The van der Waals surface area contributed by atoms with E-state index in [9.17, 15) is 0 Å². The van der Waals surface area contributed by atoms with E-state index in [1.165, 1.54) is 40.5 Å². The molecule has 0 saturated carbocycles. The summed E-state index contributed by atoms with van der Waals surface area (Å²) >= 11 is 2.36. The highest BCUT2D eigenvalue weighted by Crippen LogP contribution is 2.40. The zero-order valence-corrected chi connectivity index (χ0v) is 19.1. The van der Waals surface area contributed by atoms with Crippen LogP contribution < -0.4 is 0 Å². The molecular weight excluding hydrogens is 483 g/mol. The quantitative estimate of drug-likeness (QED) is 0.181. The molecule has 5 rings (SSSR count). The zero-order valence-electron chi connectivity index (χ0n) is 16.1. The van der Waals surface area contributed by atoms with Gasteiger partial charge in [0.15, 0.2) is 14.7 Å². The van der Waals surface area contributed by atoms with Gasteiger partial charge in [-0.1, -0.05) is 60.7 Å². The Kier molecular flexibility index (Phi) is 5.47. The molecule has 4 aromatic rings. The van der Waals surface area contributed by atoms with E-state index in [-0.39, 0.29) is 10.9 Å². The van der Waals surface area contributed by atoms with E-state index < -0.39 is 0 Å². The Morgan fingerprint density at radius 1 is 0.586 bits per heavy atom. The summed E-state index contributed by atoms with van der Waals surface area (Å²) < 4.78 is 1.30. The van der Waals surface area contributed by atoms with Crippen LogP contribution in [0.3, 0.4) is 0 Å². The molecule has 1 aliphatic heterocycles. The lowest BCUT2D eigenvalue weighted by Crippen LogP contribution is -2.15. The van der Waals surface area contributed by atoms with E-state index in [0.717, 1.165) is 19.3 Å². The summed E-state index contributed by atoms with van der Waals surface area (Å²) in [7, 11) is -0.00958. The first-order chi connectivity index (χ1) is 14.3. The van der Waals surface area contributed by atoms with Crippen LogP contribution >= 0.6 is 22.6 Å². The molecule has 0 radical (unpaired) electrons. The summed E-state index contributed by atoms with van der Waals surface area (Å²) in [6.45, 7) is 0. The van der Waals surface area contributed by atoms with Crippen molar-refractivity contribution in [1.29, 1.82) is 0 Å². The summed E-state index contributed by atoms with van der Waals surface area (Å²) in [5.74, 6) is 0. The molecule has 0 bridgehead atoms. The van der Waals surface area contributed by atoms with Gasteiger partial charge in [0.1, 0.15) is 0 Å². The molecule has 4 aromatic carbocycles. The van der Waals surface area contributed by atoms with Crippen LogP contribution in [-0.2, 0) is 30.2 Å². The van der Waals surface area contributed by atoms with Gasteiger partial charge in [-0.25, -0.2) is 0 Å². The first-order valence-corrected chi connectivity index (χ1v) is 12.3. The van der Waals surface area contributed by atoms with Crippen molar-refractivity contribution in [2.45, 2.75) is 33.9 Å². The monoisotopic (exact) mass is 505 g/mol. The summed E-state index contributed by atoms with van der Waals surface area (Å²) in [5.41, 5.74) is 5.76. The highest BCUT2D eigenvalue weighted by molar-refractivity contribution is 14.1. The maximum absolute atomic E-state index is 2.36. The van der Waals surface area contributed by atoms with Crippen LogP contribution in [0.25, 0.3) is 0 Å². The second-order valence-corrected chi connectivity index (χ2v) is 10.7. The molecule has 0 saturated heterocycles. The van der Waals surface area contributed by atoms with Gasteiger partial charge in [0, 0.05) is 21.1 Å². The van der Waals surface area contributed by atoms with Crippen molar-refractivity contribution >= 4 is 33.5 Å². The molecule has 0 unspecified atom stereocenters. The largest absolute Gasteiger partial charge is 0.170 e. The standard InChI is InChI=1S/C27H22IS/c28-24-15-11-20(12-16-24)9-10-21-13-17-25(18-14-21)29-26-7-3-1-5-22(26)19-23-6-2-4-8-27(23)29/h1-8,11-18H,9-10,19H2/q+1. The molecule has 0 N–H and O–H groups in total. The third kappa shape index (κ3) is 4.01. The topological polar surface area (TPSA) is 0 Å². The number of halogens is 1. The van der Waals surface area contributed by atoms with Crippen molar-refractivity contribution < 1.29 is 0 Å². The van der Waals surface area contributed by atoms with Gasteiger partial charge < -0.3 is 0 Å². The second-order valence-electron chi connectivity index (χ2n) is 7.47. The average Bonchev–Trinajstić information content (AvgIpc) is 2.77. The third-order valence-corrected chi connectivity index (χ3v) is 8.68. The summed E-state index contributed by atoms with van der Waals surface area (Å²) in [6, 6.07) is 36.2.